The van der Waals surface area contributed by atoms with E-state index in [0.717, 1.165) is 11.8 Å². The Balaban J connectivity index is 3.77. The second-order valence-electron chi connectivity index (χ2n) is 5.13. The van der Waals surface area contributed by atoms with Gasteiger partial charge >= 0.3 is 0 Å². The molecule has 0 aliphatic heterocycles. The third-order valence-electron chi connectivity index (χ3n) is 3.65. The van der Waals surface area contributed by atoms with Crippen molar-refractivity contribution in [2.24, 2.45) is 11.8 Å². The van der Waals surface area contributed by atoms with Crippen LogP contribution in [0, 0.1) is 11.8 Å². The van der Waals surface area contributed by atoms with Gasteiger partial charge in [-0.25, -0.2) is 0 Å². The maximum absolute atomic E-state index is 3.57. The Bertz CT molecular complexity index is 133. The lowest BCUT2D eigenvalue weighted by Crippen LogP contribution is -2.24. The van der Waals surface area contributed by atoms with Crippen LogP contribution >= 0.6 is 0 Å². The molecule has 0 saturated carbocycles. The summed E-state index contributed by atoms with van der Waals surface area (Å²) in [5, 5.41) is 3.57. The maximum atomic E-state index is 3.57. The topological polar surface area (TPSA) is 12.0 Å². The van der Waals surface area contributed by atoms with Gasteiger partial charge in [-0.05, 0) is 37.8 Å². The molecule has 98 valence electrons. The summed E-state index contributed by atoms with van der Waals surface area (Å²) in [5.41, 5.74) is 0. The fourth-order valence-electron chi connectivity index (χ4n) is 2.33. The van der Waals surface area contributed by atoms with Crippen LogP contribution in [0.15, 0.2) is 0 Å². The van der Waals surface area contributed by atoms with Crippen molar-refractivity contribution >= 4 is 0 Å². The van der Waals surface area contributed by atoms with Crippen molar-refractivity contribution in [2.45, 2.75) is 72.6 Å². The van der Waals surface area contributed by atoms with E-state index >= 15 is 0 Å². The molecule has 16 heavy (non-hydrogen) atoms. The van der Waals surface area contributed by atoms with Crippen LogP contribution in [0.4, 0.5) is 0 Å². The molecule has 0 spiro atoms. The second-order valence-corrected chi connectivity index (χ2v) is 5.13. The van der Waals surface area contributed by atoms with Crippen LogP contribution in [0.25, 0.3) is 0 Å². The van der Waals surface area contributed by atoms with Gasteiger partial charge in [-0.2, -0.15) is 0 Å². The molecular weight excluding hydrogens is 194 g/mol. The van der Waals surface area contributed by atoms with Gasteiger partial charge in [-0.1, -0.05) is 59.8 Å². The number of hydrogen-bond donors (Lipinski definition) is 1. The fourth-order valence-corrected chi connectivity index (χ4v) is 2.33. The quantitative estimate of drug-likeness (QED) is 0.508. The molecule has 0 bridgehead atoms. The largest absolute Gasteiger partial charge is 0.316 e. The van der Waals surface area contributed by atoms with Crippen molar-refractivity contribution < 1.29 is 0 Å². The van der Waals surface area contributed by atoms with Gasteiger partial charge in [-0.15, -0.1) is 0 Å². The molecule has 0 heterocycles. The normalized spacial score (nSPS) is 15.0. The van der Waals surface area contributed by atoms with E-state index < -0.39 is 0 Å². The van der Waals surface area contributed by atoms with E-state index in [2.05, 4.69) is 33.0 Å². The predicted molar refractivity (Wildman–Crippen MR) is 74.9 cm³/mol. The van der Waals surface area contributed by atoms with Crippen LogP contribution in [-0.2, 0) is 0 Å². The van der Waals surface area contributed by atoms with Gasteiger partial charge in [0.1, 0.15) is 0 Å². The van der Waals surface area contributed by atoms with Gasteiger partial charge in [0.05, 0.1) is 0 Å². The van der Waals surface area contributed by atoms with Gasteiger partial charge in [0.15, 0.2) is 0 Å². The monoisotopic (exact) mass is 227 g/mol. The first kappa shape index (κ1) is 16.0. The molecular formula is C15H33N. The molecule has 0 saturated heterocycles. The maximum Gasteiger partial charge on any atom is -0.00205 e. The summed E-state index contributed by atoms with van der Waals surface area (Å²) in [4.78, 5) is 0. The van der Waals surface area contributed by atoms with Crippen molar-refractivity contribution in [3.8, 4) is 0 Å². The Hall–Kier alpha value is -0.0400. The molecule has 1 N–H and O–H groups in total. The summed E-state index contributed by atoms with van der Waals surface area (Å²) in [6, 6.07) is 0. The van der Waals surface area contributed by atoms with Crippen LogP contribution in [0.5, 0.6) is 0 Å². The first-order valence-electron chi connectivity index (χ1n) is 7.49. The smallest absolute Gasteiger partial charge is 0.00205 e. The van der Waals surface area contributed by atoms with Crippen molar-refractivity contribution in [2.75, 3.05) is 13.1 Å². The Morgan fingerprint density at radius 2 is 1.56 bits per heavy atom. The van der Waals surface area contributed by atoms with Crippen molar-refractivity contribution in [1.82, 2.24) is 5.32 Å². The van der Waals surface area contributed by atoms with Gasteiger partial charge in [0.2, 0.25) is 0 Å². The zero-order valence-electron chi connectivity index (χ0n) is 12.0. The van der Waals surface area contributed by atoms with E-state index in [-0.39, 0.29) is 0 Å². The predicted octanol–water partition coefficient (Wildman–Crippen LogP) is 4.62. The molecule has 0 amide bonds. The van der Waals surface area contributed by atoms with Crippen LogP contribution < -0.4 is 5.32 Å². The lowest BCUT2D eigenvalue weighted by molar-refractivity contribution is 0.320. The zero-order valence-corrected chi connectivity index (χ0v) is 12.0. The van der Waals surface area contributed by atoms with E-state index in [9.17, 15) is 0 Å². The standard InChI is InChI=1S/C15H33N/c1-5-9-10-14(7-3)12-15(8-4)13-16-11-6-2/h14-16H,5-13H2,1-4H3. The Labute approximate surface area is 103 Å². The van der Waals surface area contributed by atoms with Crippen LogP contribution in [0.1, 0.15) is 72.6 Å². The van der Waals surface area contributed by atoms with Crippen LogP contribution in [0.3, 0.4) is 0 Å². The number of unbranched alkanes of at least 4 members (excludes halogenated alkanes) is 1. The molecule has 0 aromatic heterocycles. The first-order chi connectivity index (χ1) is 7.78. The van der Waals surface area contributed by atoms with Crippen molar-refractivity contribution in [3.63, 3.8) is 0 Å². The number of rotatable bonds is 11. The molecule has 0 rings (SSSR count). The van der Waals surface area contributed by atoms with E-state index in [1.54, 1.807) is 0 Å². The summed E-state index contributed by atoms with van der Waals surface area (Å²) in [7, 11) is 0. The minimum absolute atomic E-state index is 0.897. The minimum Gasteiger partial charge on any atom is -0.316 e. The molecule has 0 aromatic rings. The summed E-state index contributed by atoms with van der Waals surface area (Å²) < 4.78 is 0. The third kappa shape index (κ3) is 8.15. The number of nitrogens with one attached hydrogen (secondary N) is 1. The minimum atomic E-state index is 0.897. The van der Waals surface area contributed by atoms with Crippen LogP contribution in [-0.4, -0.2) is 13.1 Å². The molecule has 0 aliphatic carbocycles. The Morgan fingerprint density at radius 1 is 0.875 bits per heavy atom. The first-order valence-corrected chi connectivity index (χ1v) is 7.49. The van der Waals surface area contributed by atoms with E-state index in [4.69, 9.17) is 0 Å². The summed E-state index contributed by atoms with van der Waals surface area (Å²) in [6.45, 7) is 11.6. The average molecular weight is 227 g/mol. The molecule has 1 nitrogen and oxygen atoms in total. The Kier molecular flexibility index (Phi) is 11.4. The molecule has 0 aliphatic rings. The lowest BCUT2D eigenvalue weighted by atomic mass is 9.87. The van der Waals surface area contributed by atoms with Crippen molar-refractivity contribution in [3.05, 3.63) is 0 Å². The van der Waals surface area contributed by atoms with Gasteiger partial charge in [0.25, 0.3) is 0 Å². The van der Waals surface area contributed by atoms with Gasteiger partial charge < -0.3 is 5.32 Å². The van der Waals surface area contributed by atoms with E-state index in [0.29, 0.717) is 0 Å². The SMILES string of the molecule is CCCCC(CC)CC(CC)CNCCC. The summed E-state index contributed by atoms with van der Waals surface area (Å²) in [5.74, 6) is 1.86. The third-order valence-corrected chi connectivity index (χ3v) is 3.65. The fraction of sp³-hybridized carbons (Fsp3) is 1.00. The highest BCUT2D eigenvalue weighted by Crippen LogP contribution is 2.23. The highest BCUT2D eigenvalue weighted by atomic mass is 14.8. The van der Waals surface area contributed by atoms with E-state index in [1.807, 2.05) is 0 Å². The van der Waals surface area contributed by atoms with Crippen LogP contribution in [0.2, 0.25) is 0 Å². The molecule has 0 radical (unpaired) electrons. The molecule has 2 atom stereocenters. The van der Waals surface area contributed by atoms with Crippen molar-refractivity contribution in [1.29, 1.82) is 0 Å². The molecule has 2 unspecified atom stereocenters. The summed E-state index contributed by atoms with van der Waals surface area (Å²) in [6.07, 6.45) is 9.59. The average Bonchev–Trinajstić information content (AvgIpc) is 2.32. The van der Waals surface area contributed by atoms with E-state index in [1.165, 1.54) is 58.0 Å². The van der Waals surface area contributed by atoms with Gasteiger partial charge in [0, 0.05) is 0 Å². The molecule has 0 fully saturated rings. The molecule has 1 heteroatoms. The zero-order chi connectivity index (χ0) is 12.2. The Morgan fingerprint density at radius 3 is 2.06 bits per heavy atom. The highest BCUT2D eigenvalue weighted by molar-refractivity contribution is 4.67. The highest BCUT2D eigenvalue weighted by Gasteiger charge is 2.13. The summed E-state index contributed by atoms with van der Waals surface area (Å²) >= 11 is 0. The lowest BCUT2D eigenvalue weighted by Gasteiger charge is -2.22. The second kappa shape index (κ2) is 11.4. The van der Waals surface area contributed by atoms with Gasteiger partial charge in [-0.3, -0.25) is 0 Å². The molecule has 0 aromatic carbocycles. The number of hydrogen-bond acceptors (Lipinski definition) is 1.